The van der Waals surface area contributed by atoms with Crippen molar-refractivity contribution < 1.29 is 23.5 Å². The molecule has 0 bridgehead atoms. The summed E-state index contributed by atoms with van der Waals surface area (Å²) in [6.45, 7) is 3.11. The van der Waals surface area contributed by atoms with Crippen molar-refractivity contribution >= 4 is 35.2 Å². The third-order valence-corrected chi connectivity index (χ3v) is 4.48. The van der Waals surface area contributed by atoms with Crippen molar-refractivity contribution in [3.05, 3.63) is 47.5 Å². The lowest BCUT2D eigenvalue weighted by Crippen LogP contribution is -2.37. The van der Waals surface area contributed by atoms with Crippen LogP contribution in [0.5, 0.6) is 0 Å². The highest BCUT2D eigenvalue weighted by Gasteiger charge is 2.19. The van der Waals surface area contributed by atoms with E-state index in [1.807, 2.05) is 19.9 Å². The number of primary amides is 1. The quantitative estimate of drug-likeness (QED) is 0.373. The van der Waals surface area contributed by atoms with Gasteiger partial charge in [0, 0.05) is 30.0 Å². The van der Waals surface area contributed by atoms with Crippen LogP contribution >= 0.6 is 11.8 Å². The molecule has 8 nitrogen and oxygen atoms in total. The smallest absolute Gasteiger partial charge is 0.316 e. The molecular formula is C19H21FN4O4S. The number of ether oxygens (including phenoxy) is 1. The Balaban J connectivity index is 1.92. The fraction of sp³-hybridized carbons (Fsp3) is 0.316. The first-order valence-electron chi connectivity index (χ1n) is 8.69. The number of hydrogen-bond acceptors (Lipinski definition) is 7. The minimum atomic E-state index is -0.611. The van der Waals surface area contributed by atoms with Gasteiger partial charge < -0.3 is 15.4 Å². The summed E-state index contributed by atoms with van der Waals surface area (Å²) >= 11 is 1.10. The minimum Gasteiger partial charge on any atom is -0.455 e. The number of carbonyl (C=O) groups is 3. The maximum absolute atomic E-state index is 13.1. The molecule has 0 saturated heterocycles. The van der Waals surface area contributed by atoms with Gasteiger partial charge in [0.2, 0.25) is 5.91 Å². The highest BCUT2D eigenvalue weighted by molar-refractivity contribution is 7.99. The second kappa shape index (κ2) is 10.5. The molecule has 0 fully saturated rings. The van der Waals surface area contributed by atoms with Gasteiger partial charge in [-0.15, -0.1) is 0 Å². The average molecular weight is 420 g/mol. The average Bonchev–Trinajstić information content (AvgIpc) is 2.65. The van der Waals surface area contributed by atoms with Crippen molar-refractivity contribution in [1.82, 2.24) is 9.97 Å². The number of nitrogens with zero attached hydrogens (tertiary/aromatic N) is 3. The summed E-state index contributed by atoms with van der Waals surface area (Å²) in [5.74, 6) is -2.28. The molecule has 2 amide bonds. The largest absolute Gasteiger partial charge is 0.455 e. The van der Waals surface area contributed by atoms with E-state index in [2.05, 4.69) is 9.97 Å². The van der Waals surface area contributed by atoms with Gasteiger partial charge >= 0.3 is 5.97 Å². The number of thioether (sulfide) groups is 1. The highest BCUT2D eigenvalue weighted by Crippen LogP contribution is 2.17. The molecule has 0 atom stereocenters. The number of anilines is 1. The predicted molar refractivity (Wildman–Crippen MR) is 106 cm³/mol. The molecule has 1 aromatic heterocycles. The Morgan fingerprint density at radius 2 is 1.76 bits per heavy atom. The van der Waals surface area contributed by atoms with Gasteiger partial charge in [-0.1, -0.05) is 11.8 Å². The number of amides is 2. The third-order valence-electron chi connectivity index (χ3n) is 3.66. The van der Waals surface area contributed by atoms with Crippen molar-refractivity contribution in [3.8, 4) is 0 Å². The van der Waals surface area contributed by atoms with Crippen LogP contribution < -0.4 is 10.6 Å². The van der Waals surface area contributed by atoms with E-state index in [0.29, 0.717) is 10.8 Å². The number of benzene rings is 1. The van der Waals surface area contributed by atoms with E-state index in [1.165, 1.54) is 29.2 Å². The van der Waals surface area contributed by atoms with E-state index >= 15 is 0 Å². The molecule has 0 aliphatic rings. The molecule has 0 saturated carbocycles. The van der Waals surface area contributed by atoms with Crippen molar-refractivity contribution in [3.63, 3.8) is 0 Å². The zero-order valence-electron chi connectivity index (χ0n) is 16.1. The number of carbonyl (C=O) groups excluding carboxylic acids is 3. The zero-order chi connectivity index (χ0) is 21.4. The van der Waals surface area contributed by atoms with Gasteiger partial charge in [0.1, 0.15) is 5.82 Å². The number of halogens is 1. The standard InChI is InChI=1S/C19H21FN4O4S/c1-12-9-13(2)23-19(22-12)29-11-18(27)28-10-17(26)24(8-7-16(21)25)15-5-3-14(20)4-6-15/h3-6,9H,7-8,10-11H2,1-2H3,(H2,21,25). The van der Waals surface area contributed by atoms with E-state index in [-0.39, 0.29) is 18.7 Å². The number of rotatable bonds is 9. The molecule has 10 heteroatoms. The molecule has 0 radical (unpaired) electrons. The lowest BCUT2D eigenvalue weighted by atomic mass is 10.2. The monoisotopic (exact) mass is 420 g/mol. The Kier molecular flexibility index (Phi) is 8.08. The van der Waals surface area contributed by atoms with E-state index < -0.39 is 30.2 Å². The first-order valence-corrected chi connectivity index (χ1v) is 9.68. The van der Waals surface area contributed by atoms with Gasteiger partial charge in [0.15, 0.2) is 11.8 Å². The van der Waals surface area contributed by atoms with Crippen LogP contribution in [0.15, 0.2) is 35.5 Å². The van der Waals surface area contributed by atoms with E-state index in [1.54, 1.807) is 0 Å². The topological polar surface area (TPSA) is 115 Å². The summed E-state index contributed by atoms with van der Waals surface area (Å²) in [4.78, 5) is 45.2. The maximum atomic E-state index is 13.1. The van der Waals surface area contributed by atoms with E-state index in [4.69, 9.17) is 10.5 Å². The summed E-state index contributed by atoms with van der Waals surface area (Å²) in [5, 5.41) is 0.445. The lowest BCUT2D eigenvalue weighted by Gasteiger charge is -2.22. The Morgan fingerprint density at radius 3 is 2.34 bits per heavy atom. The van der Waals surface area contributed by atoms with Crippen molar-refractivity contribution in [2.75, 3.05) is 23.8 Å². The number of esters is 1. The Morgan fingerprint density at radius 1 is 1.14 bits per heavy atom. The highest BCUT2D eigenvalue weighted by atomic mass is 32.2. The van der Waals surface area contributed by atoms with E-state index in [0.717, 1.165) is 23.1 Å². The van der Waals surface area contributed by atoms with E-state index in [9.17, 15) is 18.8 Å². The molecule has 2 rings (SSSR count). The number of aromatic nitrogens is 2. The number of hydrogen-bond donors (Lipinski definition) is 1. The minimum absolute atomic E-state index is 0.0114. The summed E-state index contributed by atoms with van der Waals surface area (Å²) in [7, 11) is 0. The SMILES string of the molecule is Cc1cc(C)nc(SCC(=O)OCC(=O)N(CCC(N)=O)c2ccc(F)cc2)n1. The normalized spacial score (nSPS) is 10.4. The summed E-state index contributed by atoms with van der Waals surface area (Å²) in [6.07, 6.45) is -0.0863. The number of aryl methyl sites for hydroxylation is 2. The molecule has 154 valence electrons. The van der Waals surface area contributed by atoms with Crippen LogP contribution in [0.4, 0.5) is 10.1 Å². The van der Waals surface area contributed by atoms with Crippen LogP contribution in [-0.2, 0) is 19.1 Å². The van der Waals surface area contributed by atoms with Gasteiger partial charge in [-0.2, -0.15) is 0 Å². The molecule has 2 N–H and O–H groups in total. The molecular weight excluding hydrogens is 399 g/mol. The molecule has 1 heterocycles. The second-order valence-electron chi connectivity index (χ2n) is 6.12. The lowest BCUT2D eigenvalue weighted by molar-refractivity contribution is -0.145. The third kappa shape index (κ3) is 7.49. The Bertz CT molecular complexity index is 872. The van der Waals surface area contributed by atoms with Crippen molar-refractivity contribution in [2.45, 2.75) is 25.4 Å². The van der Waals surface area contributed by atoms with Crippen LogP contribution in [0.2, 0.25) is 0 Å². The van der Waals surface area contributed by atoms with Gasteiger partial charge in [0.25, 0.3) is 5.91 Å². The summed E-state index contributed by atoms with van der Waals surface area (Å²) in [6, 6.07) is 6.97. The van der Waals surface area contributed by atoms with Crippen molar-refractivity contribution in [1.29, 1.82) is 0 Å². The predicted octanol–water partition coefficient (Wildman–Crippen LogP) is 1.78. The maximum Gasteiger partial charge on any atom is 0.316 e. The molecule has 0 aliphatic carbocycles. The molecule has 2 aromatic rings. The fourth-order valence-corrected chi connectivity index (χ4v) is 3.13. The summed E-state index contributed by atoms with van der Waals surface area (Å²) < 4.78 is 18.2. The van der Waals surface area contributed by atoms with Gasteiger partial charge in [-0.3, -0.25) is 14.4 Å². The number of nitrogens with two attached hydrogens (primary N) is 1. The molecule has 0 spiro atoms. The Labute approximate surface area is 171 Å². The molecule has 0 unspecified atom stereocenters. The van der Waals surface area contributed by atoms with Crippen LogP contribution in [0, 0.1) is 19.7 Å². The zero-order valence-corrected chi connectivity index (χ0v) is 16.9. The molecule has 0 aliphatic heterocycles. The molecule has 29 heavy (non-hydrogen) atoms. The van der Waals surface area contributed by atoms with Gasteiger partial charge in [-0.25, -0.2) is 14.4 Å². The van der Waals surface area contributed by atoms with Gasteiger partial charge in [0.05, 0.1) is 5.75 Å². The summed E-state index contributed by atoms with van der Waals surface area (Å²) in [5.41, 5.74) is 7.08. The molecule has 1 aromatic carbocycles. The fourth-order valence-electron chi connectivity index (χ4n) is 2.38. The second-order valence-corrected chi connectivity index (χ2v) is 7.06. The van der Waals surface area contributed by atoms with Crippen LogP contribution in [0.3, 0.4) is 0 Å². The van der Waals surface area contributed by atoms with Crippen LogP contribution in [0.1, 0.15) is 17.8 Å². The first kappa shape index (κ1) is 22.3. The first-order chi connectivity index (χ1) is 13.7. The van der Waals surface area contributed by atoms with Gasteiger partial charge in [-0.05, 0) is 44.2 Å². The Hall–Kier alpha value is -3.01. The van der Waals surface area contributed by atoms with Crippen LogP contribution in [-0.4, -0.2) is 46.7 Å². The van der Waals surface area contributed by atoms with Crippen LogP contribution in [0.25, 0.3) is 0 Å². The van der Waals surface area contributed by atoms with Crippen molar-refractivity contribution in [2.24, 2.45) is 5.73 Å².